The summed E-state index contributed by atoms with van der Waals surface area (Å²) >= 11 is 0. The number of aromatic nitrogens is 3. The van der Waals surface area contributed by atoms with Gasteiger partial charge in [-0.25, -0.2) is 9.67 Å². The van der Waals surface area contributed by atoms with Crippen molar-refractivity contribution in [2.75, 3.05) is 27.9 Å². The Labute approximate surface area is 139 Å². The SMILES string of the molecule is COc1cc(C(=O)N2CCn3nc(C)nc3C2)cc(OC)c1OC. The minimum atomic E-state index is -0.110. The van der Waals surface area contributed by atoms with Crippen LogP contribution in [0.25, 0.3) is 0 Å². The predicted molar refractivity (Wildman–Crippen MR) is 85.6 cm³/mol. The normalized spacial score (nSPS) is 13.4. The zero-order valence-electron chi connectivity index (χ0n) is 14.2. The van der Waals surface area contributed by atoms with E-state index in [4.69, 9.17) is 14.2 Å². The molecular formula is C16H20N4O4. The van der Waals surface area contributed by atoms with Gasteiger partial charge in [0.1, 0.15) is 11.6 Å². The highest BCUT2D eigenvalue weighted by Gasteiger charge is 2.26. The van der Waals surface area contributed by atoms with Crippen molar-refractivity contribution >= 4 is 5.91 Å². The topological polar surface area (TPSA) is 78.7 Å². The summed E-state index contributed by atoms with van der Waals surface area (Å²) < 4.78 is 17.8. The van der Waals surface area contributed by atoms with E-state index >= 15 is 0 Å². The van der Waals surface area contributed by atoms with E-state index in [0.717, 1.165) is 5.82 Å². The molecule has 8 nitrogen and oxygen atoms in total. The number of amides is 1. The zero-order valence-corrected chi connectivity index (χ0v) is 14.2. The third-order valence-electron chi connectivity index (χ3n) is 3.97. The van der Waals surface area contributed by atoms with Gasteiger partial charge in [0.25, 0.3) is 5.91 Å². The second kappa shape index (κ2) is 6.38. The van der Waals surface area contributed by atoms with Crippen LogP contribution in [0.5, 0.6) is 17.2 Å². The Bertz CT molecular complexity index is 746. The molecule has 0 spiro atoms. The fraction of sp³-hybridized carbons (Fsp3) is 0.438. The molecule has 1 aromatic heterocycles. The van der Waals surface area contributed by atoms with Gasteiger partial charge in [-0.15, -0.1) is 0 Å². The summed E-state index contributed by atoms with van der Waals surface area (Å²) in [5.41, 5.74) is 0.481. The van der Waals surface area contributed by atoms with E-state index in [1.807, 2.05) is 11.6 Å². The molecule has 24 heavy (non-hydrogen) atoms. The highest BCUT2D eigenvalue weighted by atomic mass is 16.5. The van der Waals surface area contributed by atoms with Crippen molar-refractivity contribution in [3.05, 3.63) is 29.3 Å². The van der Waals surface area contributed by atoms with Gasteiger partial charge in [0, 0.05) is 12.1 Å². The van der Waals surface area contributed by atoms with Crippen LogP contribution in [0, 0.1) is 6.92 Å². The molecule has 0 saturated carbocycles. The van der Waals surface area contributed by atoms with E-state index in [0.29, 0.717) is 48.3 Å². The maximum atomic E-state index is 12.9. The predicted octanol–water partition coefficient (Wildman–Crippen LogP) is 1.27. The lowest BCUT2D eigenvalue weighted by Crippen LogP contribution is -2.38. The summed E-state index contributed by atoms with van der Waals surface area (Å²) in [5.74, 6) is 2.77. The van der Waals surface area contributed by atoms with Crippen molar-refractivity contribution in [2.24, 2.45) is 0 Å². The van der Waals surface area contributed by atoms with Gasteiger partial charge in [-0.1, -0.05) is 0 Å². The number of benzene rings is 1. The Morgan fingerprint density at radius 2 is 1.75 bits per heavy atom. The number of rotatable bonds is 4. The van der Waals surface area contributed by atoms with E-state index in [1.54, 1.807) is 17.0 Å². The second-order valence-corrected chi connectivity index (χ2v) is 5.44. The van der Waals surface area contributed by atoms with Crippen LogP contribution < -0.4 is 14.2 Å². The van der Waals surface area contributed by atoms with Crippen molar-refractivity contribution in [2.45, 2.75) is 20.0 Å². The van der Waals surface area contributed by atoms with Crippen LogP contribution in [0.2, 0.25) is 0 Å². The van der Waals surface area contributed by atoms with Gasteiger partial charge in [-0.2, -0.15) is 5.10 Å². The molecule has 0 atom stereocenters. The minimum absolute atomic E-state index is 0.110. The van der Waals surface area contributed by atoms with Crippen LogP contribution in [0.15, 0.2) is 12.1 Å². The first-order chi connectivity index (χ1) is 11.6. The number of hydrogen-bond donors (Lipinski definition) is 0. The van der Waals surface area contributed by atoms with Crippen LogP contribution in [0.3, 0.4) is 0 Å². The third-order valence-corrected chi connectivity index (χ3v) is 3.97. The first-order valence-corrected chi connectivity index (χ1v) is 7.57. The second-order valence-electron chi connectivity index (χ2n) is 5.44. The van der Waals surface area contributed by atoms with Crippen LogP contribution >= 0.6 is 0 Å². The molecule has 128 valence electrons. The molecule has 2 aromatic rings. The Hall–Kier alpha value is -2.77. The van der Waals surface area contributed by atoms with Crippen LogP contribution in [0.1, 0.15) is 22.0 Å². The summed E-state index contributed by atoms with van der Waals surface area (Å²) in [7, 11) is 4.58. The van der Waals surface area contributed by atoms with Crippen molar-refractivity contribution < 1.29 is 19.0 Å². The van der Waals surface area contributed by atoms with E-state index in [-0.39, 0.29) is 5.91 Å². The Morgan fingerprint density at radius 3 is 2.33 bits per heavy atom. The fourth-order valence-electron chi connectivity index (χ4n) is 2.82. The maximum absolute atomic E-state index is 12.9. The van der Waals surface area contributed by atoms with Crippen molar-refractivity contribution in [1.29, 1.82) is 0 Å². The van der Waals surface area contributed by atoms with Gasteiger partial charge in [0.15, 0.2) is 11.5 Å². The number of hydrogen-bond acceptors (Lipinski definition) is 6. The molecule has 3 rings (SSSR count). The number of ether oxygens (including phenoxy) is 3. The fourth-order valence-corrected chi connectivity index (χ4v) is 2.82. The van der Waals surface area contributed by atoms with Gasteiger partial charge in [0.05, 0.1) is 34.4 Å². The minimum Gasteiger partial charge on any atom is -0.493 e. The Morgan fingerprint density at radius 1 is 1.08 bits per heavy atom. The van der Waals surface area contributed by atoms with Crippen molar-refractivity contribution in [3.8, 4) is 17.2 Å². The molecule has 2 heterocycles. The van der Waals surface area contributed by atoms with Crippen LogP contribution in [0.4, 0.5) is 0 Å². The van der Waals surface area contributed by atoms with Gasteiger partial charge >= 0.3 is 0 Å². The lowest BCUT2D eigenvalue weighted by atomic mass is 10.1. The van der Waals surface area contributed by atoms with Crippen molar-refractivity contribution in [1.82, 2.24) is 19.7 Å². The summed E-state index contributed by atoms with van der Waals surface area (Å²) in [4.78, 5) is 19.0. The molecule has 8 heteroatoms. The smallest absolute Gasteiger partial charge is 0.254 e. The summed E-state index contributed by atoms with van der Waals surface area (Å²) in [6.07, 6.45) is 0. The van der Waals surface area contributed by atoms with Crippen LogP contribution in [-0.4, -0.2) is 53.4 Å². The molecule has 1 aliphatic rings. The first kappa shape index (κ1) is 16.1. The molecule has 1 aromatic carbocycles. The quantitative estimate of drug-likeness (QED) is 0.839. The van der Waals surface area contributed by atoms with E-state index < -0.39 is 0 Å². The number of methoxy groups -OCH3 is 3. The van der Waals surface area contributed by atoms with Gasteiger partial charge < -0.3 is 19.1 Å². The number of aryl methyl sites for hydroxylation is 1. The maximum Gasteiger partial charge on any atom is 0.254 e. The average molecular weight is 332 g/mol. The monoisotopic (exact) mass is 332 g/mol. The van der Waals surface area contributed by atoms with E-state index in [1.165, 1.54) is 21.3 Å². The largest absolute Gasteiger partial charge is 0.493 e. The first-order valence-electron chi connectivity index (χ1n) is 7.57. The lowest BCUT2D eigenvalue weighted by molar-refractivity contribution is 0.0701. The van der Waals surface area contributed by atoms with Gasteiger partial charge in [0.2, 0.25) is 5.75 Å². The molecule has 1 aliphatic heterocycles. The van der Waals surface area contributed by atoms with E-state index in [9.17, 15) is 4.79 Å². The Kier molecular flexibility index (Phi) is 4.28. The van der Waals surface area contributed by atoms with E-state index in [2.05, 4.69) is 10.1 Å². The summed E-state index contributed by atoms with van der Waals surface area (Å²) in [5, 5.41) is 4.31. The molecule has 0 aliphatic carbocycles. The van der Waals surface area contributed by atoms with Gasteiger partial charge in [-0.05, 0) is 19.1 Å². The lowest BCUT2D eigenvalue weighted by Gasteiger charge is -2.27. The molecule has 0 fully saturated rings. The third kappa shape index (κ3) is 2.75. The molecule has 1 amide bonds. The number of nitrogens with zero attached hydrogens (tertiary/aromatic N) is 4. The molecular weight excluding hydrogens is 312 g/mol. The highest BCUT2D eigenvalue weighted by Crippen LogP contribution is 2.38. The van der Waals surface area contributed by atoms with Crippen LogP contribution in [-0.2, 0) is 13.1 Å². The standard InChI is InChI=1S/C16H20N4O4/c1-10-17-14-9-19(5-6-20(14)18-10)16(21)11-7-12(22-2)15(24-4)13(8-11)23-3/h7-8H,5-6,9H2,1-4H3. The molecule has 0 bridgehead atoms. The highest BCUT2D eigenvalue weighted by molar-refractivity contribution is 5.95. The average Bonchev–Trinajstić information content (AvgIpc) is 2.98. The molecule has 0 radical (unpaired) electrons. The molecule has 0 saturated heterocycles. The number of carbonyl (C=O) groups excluding carboxylic acids is 1. The number of fused-ring (bicyclic) bond motifs is 1. The summed E-state index contributed by atoms with van der Waals surface area (Å²) in [6.45, 7) is 3.48. The Balaban J connectivity index is 1.90. The zero-order chi connectivity index (χ0) is 17.3. The molecule has 0 N–H and O–H groups in total. The van der Waals surface area contributed by atoms with Gasteiger partial charge in [-0.3, -0.25) is 4.79 Å². The number of carbonyl (C=O) groups is 1. The van der Waals surface area contributed by atoms with Crippen molar-refractivity contribution in [3.63, 3.8) is 0 Å². The summed E-state index contributed by atoms with van der Waals surface area (Å²) in [6, 6.07) is 3.32. The molecule has 0 unspecified atom stereocenters.